The summed E-state index contributed by atoms with van der Waals surface area (Å²) >= 11 is 1.14. The monoisotopic (exact) mass is 443 g/mol. The molecular weight excluding hydrogens is 422 g/mol. The van der Waals surface area contributed by atoms with Crippen molar-refractivity contribution >= 4 is 55.7 Å². The van der Waals surface area contributed by atoms with Gasteiger partial charge in [-0.25, -0.2) is 8.42 Å². The zero-order valence-corrected chi connectivity index (χ0v) is 17.7. The van der Waals surface area contributed by atoms with Crippen LogP contribution in [0.5, 0.6) is 0 Å². The molecule has 0 radical (unpaired) electrons. The number of fused-ring (bicyclic) bond motifs is 1. The molecular formula is C21H21N3O4S2. The summed E-state index contributed by atoms with van der Waals surface area (Å²) in [5.41, 5.74) is 7.41. The summed E-state index contributed by atoms with van der Waals surface area (Å²) in [5, 5.41) is 5.78. The van der Waals surface area contributed by atoms with Crippen LogP contribution in [0.25, 0.3) is 10.8 Å². The van der Waals surface area contributed by atoms with Gasteiger partial charge in [0.15, 0.2) is 6.29 Å². The molecule has 1 unspecified atom stereocenters. The van der Waals surface area contributed by atoms with E-state index in [0.29, 0.717) is 47.1 Å². The Labute approximate surface area is 178 Å². The second-order valence-corrected chi connectivity index (χ2v) is 10.2. The molecule has 1 fully saturated rings. The molecule has 0 spiro atoms. The summed E-state index contributed by atoms with van der Waals surface area (Å²) in [4.78, 5) is 24.6. The van der Waals surface area contributed by atoms with Gasteiger partial charge in [-0.15, -0.1) is 11.3 Å². The number of carbonyl (C=O) groups is 2. The third-order valence-corrected chi connectivity index (χ3v) is 8.59. The maximum atomic E-state index is 13.2. The molecule has 0 saturated carbocycles. The molecule has 1 aromatic heterocycles. The molecule has 1 atom stereocenters. The van der Waals surface area contributed by atoms with E-state index in [2.05, 4.69) is 5.32 Å². The smallest absolute Gasteiger partial charge is 0.253 e. The van der Waals surface area contributed by atoms with Gasteiger partial charge in [-0.3, -0.25) is 9.59 Å². The average molecular weight is 444 g/mol. The summed E-state index contributed by atoms with van der Waals surface area (Å²) in [6, 6.07) is 10.9. The van der Waals surface area contributed by atoms with Crippen molar-refractivity contribution in [2.75, 3.05) is 17.6 Å². The van der Waals surface area contributed by atoms with Gasteiger partial charge in [-0.2, -0.15) is 4.31 Å². The Balaban J connectivity index is 1.68. The Morgan fingerprint density at radius 3 is 2.73 bits per heavy atom. The number of hydrogen-bond donors (Lipinski definition) is 2. The van der Waals surface area contributed by atoms with Crippen LogP contribution in [0.15, 0.2) is 52.1 Å². The molecule has 1 aliphatic heterocycles. The van der Waals surface area contributed by atoms with Gasteiger partial charge in [0.2, 0.25) is 5.91 Å². The number of thiophene rings is 1. The molecule has 3 aromatic rings. The Kier molecular flexibility index (Phi) is 5.59. The van der Waals surface area contributed by atoms with Crippen LogP contribution in [0.3, 0.4) is 0 Å². The van der Waals surface area contributed by atoms with E-state index in [1.807, 2.05) is 0 Å². The highest BCUT2D eigenvalue weighted by Gasteiger charge is 2.38. The van der Waals surface area contributed by atoms with E-state index in [1.165, 1.54) is 4.31 Å². The number of benzene rings is 2. The van der Waals surface area contributed by atoms with E-state index in [4.69, 9.17) is 5.73 Å². The lowest BCUT2D eigenvalue weighted by Gasteiger charge is -2.33. The van der Waals surface area contributed by atoms with Gasteiger partial charge in [-0.1, -0.05) is 30.7 Å². The third kappa shape index (κ3) is 3.60. The Bertz CT molecular complexity index is 1210. The number of anilines is 2. The highest BCUT2D eigenvalue weighted by atomic mass is 32.2. The predicted octanol–water partition coefficient (Wildman–Crippen LogP) is 3.48. The van der Waals surface area contributed by atoms with Crippen molar-refractivity contribution in [3.05, 3.63) is 53.4 Å². The van der Waals surface area contributed by atoms with Crippen LogP contribution in [0.1, 0.15) is 29.6 Å². The molecule has 2 heterocycles. The molecule has 7 nitrogen and oxygen atoms in total. The van der Waals surface area contributed by atoms with Crippen molar-refractivity contribution in [3.8, 4) is 0 Å². The fraction of sp³-hybridized carbons (Fsp3) is 0.238. The SMILES string of the molecule is Nc1ccc(NC(=O)C2CCCCN2S(=O)(=O)c2cccs2)c2cccc(C=O)c12. The van der Waals surface area contributed by atoms with Crippen LogP contribution in [0, 0.1) is 0 Å². The topological polar surface area (TPSA) is 110 Å². The van der Waals surface area contributed by atoms with Crippen LogP contribution in [-0.2, 0) is 14.8 Å². The quantitative estimate of drug-likeness (QED) is 0.463. The number of nitrogens with zero attached hydrogens (tertiary/aromatic N) is 1. The number of aldehydes is 1. The predicted molar refractivity (Wildman–Crippen MR) is 118 cm³/mol. The molecule has 1 amide bonds. The second kappa shape index (κ2) is 8.17. The van der Waals surface area contributed by atoms with E-state index >= 15 is 0 Å². The minimum Gasteiger partial charge on any atom is -0.398 e. The first-order valence-electron chi connectivity index (χ1n) is 9.56. The molecule has 3 N–H and O–H groups in total. The summed E-state index contributed by atoms with van der Waals surface area (Å²) in [7, 11) is -3.74. The Morgan fingerprint density at radius 1 is 1.17 bits per heavy atom. The van der Waals surface area contributed by atoms with Crippen molar-refractivity contribution < 1.29 is 18.0 Å². The fourth-order valence-electron chi connectivity index (χ4n) is 3.87. The molecule has 9 heteroatoms. The molecule has 0 bridgehead atoms. The van der Waals surface area contributed by atoms with Crippen molar-refractivity contribution in [2.24, 2.45) is 0 Å². The number of piperidine rings is 1. The van der Waals surface area contributed by atoms with E-state index in [1.54, 1.807) is 47.8 Å². The summed E-state index contributed by atoms with van der Waals surface area (Å²) in [6.45, 7) is 0.302. The Morgan fingerprint density at radius 2 is 2.00 bits per heavy atom. The third-order valence-electron chi connectivity index (χ3n) is 5.30. The van der Waals surface area contributed by atoms with Gasteiger partial charge >= 0.3 is 0 Å². The molecule has 1 aliphatic rings. The van der Waals surface area contributed by atoms with Crippen molar-refractivity contribution in [3.63, 3.8) is 0 Å². The molecule has 156 valence electrons. The minimum atomic E-state index is -3.74. The maximum absolute atomic E-state index is 13.2. The Hall–Kier alpha value is -2.75. The lowest BCUT2D eigenvalue weighted by atomic mass is 10.0. The minimum absolute atomic E-state index is 0.232. The van der Waals surface area contributed by atoms with Crippen LogP contribution in [0.4, 0.5) is 11.4 Å². The van der Waals surface area contributed by atoms with Gasteiger partial charge in [0.05, 0.1) is 0 Å². The van der Waals surface area contributed by atoms with Crippen LogP contribution in [-0.4, -0.2) is 37.5 Å². The van der Waals surface area contributed by atoms with Crippen LogP contribution < -0.4 is 11.1 Å². The average Bonchev–Trinajstić information content (AvgIpc) is 3.31. The number of nitrogens with one attached hydrogen (secondary N) is 1. The van der Waals surface area contributed by atoms with E-state index in [-0.39, 0.29) is 4.21 Å². The molecule has 30 heavy (non-hydrogen) atoms. The van der Waals surface area contributed by atoms with E-state index < -0.39 is 22.0 Å². The van der Waals surface area contributed by atoms with Crippen LogP contribution in [0.2, 0.25) is 0 Å². The summed E-state index contributed by atoms with van der Waals surface area (Å²) < 4.78 is 27.6. The van der Waals surface area contributed by atoms with Crippen molar-refractivity contribution in [2.45, 2.75) is 29.5 Å². The fourth-order valence-corrected chi connectivity index (χ4v) is 6.64. The van der Waals surface area contributed by atoms with E-state index in [9.17, 15) is 18.0 Å². The summed E-state index contributed by atoms with van der Waals surface area (Å²) in [6.07, 6.45) is 2.65. The lowest BCUT2D eigenvalue weighted by Crippen LogP contribution is -2.49. The highest BCUT2D eigenvalue weighted by Crippen LogP contribution is 2.32. The number of rotatable bonds is 5. The first-order chi connectivity index (χ1) is 14.4. The first-order valence-corrected chi connectivity index (χ1v) is 11.9. The first kappa shape index (κ1) is 20.5. The number of amides is 1. The van der Waals surface area contributed by atoms with Gasteiger partial charge in [-0.05, 0) is 36.4 Å². The molecule has 0 aliphatic carbocycles. The van der Waals surface area contributed by atoms with Gasteiger partial charge < -0.3 is 11.1 Å². The van der Waals surface area contributed by atoms with Gasteiger partial charge in [0.25, 0.3) is 10.0 Å². The number of sulfonamides is 1. The second-order valence-electron chi connectivity index (χ2n) is 7.14. The van der Waals surface area contributed by atoms with Crippen LogP contribution >= 0.6 is 11.3 Å². The van der Waals surface area contributed by atoms with Gasteiger partial charge in [0.1, 0.15) is 10.3 Å². The standard InChI is InChI=1S/C21H21N3O4S2/c22-16-9-10-17(15-6-3-5-14(13-25)20(15)16)23-21(26)18-7-1-2-11-24(18)30(27,28)19-8-4-12-29-19/h3-6,8-10,12-13,18H,1-2,7,11,22H2,(H,23,26). The largest absolute Gasteiger partial charge is 0.398 e. The number of carbonyl (C=O) groups excluding carboxylic acids is 2. The van der Waals surface area contributed by atoms with Gasteiger partial charge in [0, 0.05) is 34.3 Å². The molecule has 2 aromatic carbocycles. The number of nitrogen functional groups attached to an aromatic ring is 1. The van der Waals surface area contributed by atoms with Crippen molar-refractivity contribution in [1.82, 2.24) is 4.31 Å². The van der Waals surface area contributed by atoms with E-state index in [0.717, 1.165) is 24.0 Å². The molecule has 4 rings (SSSR count). The lowest BCUT2D eigenvalue weighted by molar-refractivity contribution is -0.120. The summed E-state index contributed by atoms with van der Waals surface area (Å²) in [5.74, 6) is -0.391. The number of nitrogens with two attached hydrogens (primary N) is 1. The zero-order chi connectivity index (χ0) is 21.3. The highest BCUT2D eigenvalue weighted by molar-refractivity contribution is 7.91. The molecule has 1 saturated heterocycles. The maximum Gasteiger partial charge on any atom is 0.253 e. The normalized spacial score (nSPS) is 17.7. The number of hydrogen-bond acceptors (Lipinski definition) is 6. The van der Waals surface area contributed by atoms with Crippen molar-refractivity contribution in [1.29, 1.82) is 0 Å². The zero-order valence-electron chi connectivity index (χ0n) is 16.1.